The van der Waals surface area contributed by atoms with Crippen molar-refractivity contribution in [3.8, 4) is 5.75 Å². The Bertz CT molecular complexity index is 1550. The van der Waals surface area contributed by atoms with Gasteiger partial charge in [0.05, 0.1) is 17.2 Å². The number of sulfonamides is 1. The fraction of sp³-hybridized carbons (Fsp3) is 0.355. The Labute approximate surface area is 267 Å². The molecule has 3 aromatic rings. The van der Waals surface area contributed by atoms with Crippen LogP contribution in [0.15, 0.2) is 71.6 Å². The van der Waals surface area contributed by atoms with Gasteiger partial charge >= 0.3 is 0 Å². The van der Waals surface area contributed by atoms with E-state index in [-0.39, 0.29) is 41.4 Å². The summed E-state index contributed by atoms with van der Waals surface area (Å²) in [7, 11) is -4.29. The van der Waals surface area contributed by atoms with Crippen molar-refractivity contribution in [3.05, 3.63) is 87.4 Å². The van der Waals surface area contributed by atoms with Crippen LogP contribution in [0.4, 0.5) is 5.69 Å². The van der Waals surface area contributed by atoms with Crippen LogP contribution in [0.1, 0.15) is 45.1 Å². The molecule has 4 rings (SSSR count). The summed E-state index contributed by atoms with van der Waals surface area (Å²) >= 11 is 18.6. The second-order valence-electron chi connectivity index (χ2n) is 10.3. The normalized spacial score (nSPS) is 14.3. The van der Waals surface area contributed by atoms with Gasteiger partial charge in [0.15, 0.2) is 0 Å². The SMILES string of the molecule is CCOc1ccccc1N(CC(=O)N(Cc1ccc(Cl)cc1Cl)C(C)C(=O)NC1CCCC1)S(=O)(=O)c1ccc(Cl)cc1. The number of nitrogens with zero attached hydrogens (tertiary/aromatic N) is 2. The lowest BCUT2D eigenvalue weighted by molar-refractivity contribution is -0.139. The highest BCUT2D eigenvalue weighted by Crippen LogP contribution is 2.33. The summed E-state index contributed by atoms with van der Waals surface area (Å²) in [4.78, 5) is 28.9. The minimum atomic E-state index is -4.29. The first-order valence-corrected chi connectivity index (χ1v) is 16.6. The smallest absolute Gasteiger partial charge is 0.264 e. The third-order valence-corrected chi connectivity index (χ3v) is 9.95. The minimum Gasteiger partial charge on any atom is -0.492 e. The zero-order valence-electron chi connectivity index (χ0n) is 23.9. The van der Waals surface area contributed by atoms with Gasteiger partial charge in [-0.3, -0.25) is 13.9 Å². The molecular formula is C31H34Cl3N3O5S. The molecule has 1 aliphatic carbocycles. The van der Waals surface area contributed by atoms with Gasteiger partial charge in [-0.2, -0.15) is 0 Å². The Kier molecular flexibility index (Phi) is 11.2. The summed E-state index contributed by atoms with van der Waals surface area (Å²) in [6.07, 6.45) is 3.80. The number of carbonyl (C=O) groups excluding carboxylic acids is 2. The molecule has 43 heavy (non-hydrogen) atoms. The lowest BCUT2D eigenvalue weighted by Crippen LogP contribution is -2.52. The number of amides is 2. The second-order valence-corrected chi connectivity index (χ2v) is 13.4. The highest BCUT2D eigenvalue weighted by Gasteiger charge is 2.34. The van der Waals surface area contributed by atoms with E-state index in [1.807, 2.05) is 0 Å². The standard InChI is InChI=1S/C31H34Cl3N3O5S/c1-3-42-29-11-7-6-10-28(29)37(43(40,41)26-16-14-23(32)15-17-26)20-30(38)36(19-22-12-13-24(33)18-27(22)34)21(2)31(39)35-25-8-4-5-9-25/h6-7,10-18,21,25H,3-5,8-9,19-20H2,1-2H3,(H,35,39). The highest BCUT2D eigenvalue weighted by atomic mass is 35.5. The van der Waals surface area contributed by atoms with Crippen LogP contribution in [0.3, 0.4) is 0 Å². The van der Waals surface area contributed by atoms with Crippen molar-refractivity contribution in [1.82, 2.24) is 10.2 Å². The molecule has 1 aliphatic rings. The number of rotatable bonds is 12. The van der Waals surface area contributed by atoms with Crippen molar-refractivity contribution in [3.63, 3.8) is 0 Å². The van der Waals surface area contributed by atoms with Gasteiger partial charge in [0.1, 0.15) is 18.3 Å². The molecular weight excluding hydrogens is 633 g/mol. The van der Waals surface area contributed by atoms with Crippen LogP contribution in [0.25, 0.3) is 0 Å². The van der Waals surface area contributed by atoms with Crippen LogP contribution in [0.2, 0.25) is 15.1 Å². The molecule has 0 bridgehead atoms. The molecule has 0 aromatic heterocycles. The van der Waals surface area contributed by atoms with Gasteiger partial charge in [0.25, 0.3) is 10.0 Å². The Hall–Kier alpha value is -2.98. The molecule has 0 saturated heterocycles. The van der Waals surface area contributed by atoms with Crippen molar-refractivity contribution in [1.29, 1.82) is 0 Å². The molecule has 1 saturated carbocycles. The molecule has 2 amide bonds. The maximum absolute atomic E-state index is 14.2. The van der Waals surface area contributed by atoms with E-state index in [9.17, 15) is 18.0 Å². The van der Waals surface area contributed by atoms with E-state index in [1.165, 1.54) is 29.2 Å². The average molecular weight is 667 g/mol. The molecule has 8 nitrogen and oxygen atoms in total. The lowest BCUT2D eigenvalue weighted by atomic mass is 10.1. The van der Waals surface area contributed by atoms with Gasteiger partial charge in [0, 0.05) is 27.7 Å². The van der Waals surface area contributed by atoms with Gasteiger partial charge in [0.2, 0.25) is 11.8 Å². The minimum absolute atomic E-state index is 0.0332. The first-order valence-electron chi connectivity index (χ1n) is 14.0. The number of anilines is 1. The maximum Gasteiger partial charge on any atom is 0.264 e. The van der Waals surface area contributed by atoms with Gasteiger partial charge in [-0.25, -0.2) is 8.42 Å². The Morgan fingerprint density at radius 1 is 0.977 bits per heavy atom. The zero-order valence-corrected chi connectivity index (χ0v) is 27.0. The number of hydrogen-bond acceptors (Lipinski definition) is 5. The van der Waals surface area contributed by atoms with E-state index in [2.05, 4.69) is 5.32 Å². The molecule has 0 radical (unpaired) electrons. The molecule has 12 heteroatoms. The molecule has 1 N–H and O–H groups in total. The number of para-hydroxylation sites is 2. The van der Waals surface area contributed by atoms with Crippen LogP contribution in [-0.2, 0) is 26.2 Å². The fourth-order valence-corrected chi connectivity index (χ4v) is 7.01. The topological polar surface area (TPSA) is 96.0 Å². The average Bonchev–Trinajstić information content (AvgIpc) is 3.49. The van der Waals surface area contributed by atoms with E-state index < -0.39 is 28.5 Å². The predicted molar refractivity (Wildman–Crippen MR) is 170 cm³/mol. The van der Waals surface area contributed by atoms with E-state index in [0.717, 1.165) is 30.0 Å². The number of benzene rings is 3. The monoisotopic (exact) mass is 665 g/mol. The van der Waals surface area contributed by atoms with Crippen LogP contribution in [0.5, 0.6) is 5.75 Å². The van der Waals surface area contributed by atoms with E-state index in [4.69, 9.17) is 39.5 Å². The number of halogens is 3. The third kappa shape index (κ3) is 8.15. The molecule has 1 atom stereocenters. The van der Waals surface area contributed by atoms with Crippen LogP contribution in [-0.4, -0.2) is 50.4 Å². The van der Waals surface area contributed by atoms with Gasteiger partial charge in [-0.1, -0.05) is 65.8 Å². The first kappa shape index (κ1) is 32.9. The van der Waals surface area contributed by atoms with Gasteiger partial charge in [-0.05, 0) is 80.8 Å². The molecule has 0 aliphatic heterocycles. The Morgan fingerprint density at radius 2 is 1.63 bits per heavy atom. The van der Waals surface area contributed by atoms with Crippen LogP contribution >= 0.6 is 34.8 Å². The first-order chi connectivity index (χ1) is 20.5. The Balaban J connectivity index is 1.74. The Morgan fingerprint density at radius 3 is 2.28 bits per heavy atom. The van der Waals surface area contributed by atoms with Gasteiger partial charge < -0.3 is 15.0 Å². The van der Waals surface area contributed by atoms with Crippen LogP contribution in [0, 0.1) is 0 Å². The highest BCUT2D eigenvalue weighted by molar-refractivity contribution is 7.92. The van der Waals surface area contributed by atoms with Crippen molar-refractivity contribution in [2.75, 3.05) is 17.5 Å². The molecule has 0 spiro atoms. The van der Waals surface area contributed by atoms with Crippen molar-refractivity contribution in [2.45, 2.75) is 63.1 Å². The summed E-state index contributed by atoms with van der Waals surface area (Å²) < 4.78 is 34.9. The maximum atomic E-state index is 14.2. The summed E-state index contributed by atoms with van der Waals surface area (Å²) in [6, 6.07) is 16.3. The molecule has 3 aromatic carbocycles. The van der Waals surface area contributed by atoms with E-state index >= 15 is 0 Å². The third-order valence-electron chi connectivity index (χ3n) is 7.34. The summed E-state index contributed by atoms with van der Waals surface area (Å²) in [6.45, 7) is 3.02. The van der Waals surface area contributed by atoms with Gasteiger partial charge in [-0.15, -0.1) is 0 Å². The van der Waals surface area contributed by atoms with Crippen molar-refractivity contribution in [2.24, 2.45) is 0 Å². The molecule has 1 fully saturated rings. The molecule has 230 valence electrons. The zero-order chi connectivity index (χ0) is 31.1. The van der Waals surface area contributed by atoms with E-state index in [1.54, 1.807) is 56.3 Å². The summed E-state index contributed by atoms with van der Waals surface area (Å²) in [5, 5.41) is 4.15. The molecule has 0 heterocycles. The number of ether oxygens (including phenoxy) is 1. The largest absolute Gasteiger partial charge is 0.492 e. The number of carbonyl (C=O) groups is 2. The number of nitrogens with one attached hydrogen (secondary N) is 1. The van der Waals surface area contributed by atoms with Crippen molar-refractivity contribution >= 4 is 62.3 Å². The van der Waals surface area contributed by atoms with Crippen molar-refractivity contribution < 1.29 is 22.7 Å². The quantitative estimate of drug-likeness (QED) is 0.232. The second kappa shape index (κ2) is 14.7. The summed E-state index contributed by atoms with van der Waals surface area (Å²) in [5.74, 6) is -0.647. The predicted octanol–water partition coefficient (Wildman–Crippen LogP) is 6.72. The summed E-state index contributed by atoms with van der Waals surface area (Å²) in [5.41, 5.74) is 0.738. The fourth-order valence-electron chi connectivity index (χ4n) is 5.00. The number of hydrogen-bond donors (Lipinski definition) is 1. The van der Waals surface area contributed by atoms with E-state index in [0.29, 0.717) is 20.6 Å². The van der Waals surface area contributed by atoms with Crippen LogP contribution < -0.4 is 14.4 Å². The molecule has 1 unspecified atom stereocenters. The lowest BCUT2D eigenvalue weighted by Gasteiger charge is -2.33.